The lowest BCUT2D eigenvalue weighted by Gasteiger charge is -2.12. The van der Waals surface area contributed by atoms with Gasteiger partial charge >= 0.3 is 6.03 Å². The largest absolute Gasteiger partial charge is 0.497 e. The van der Waals surface area contributed by atoms with E-state index in [4.69, 9.17) is 9.47 Å². The lowest BCUT2D eigenvalue weighted by atomic mass is 10.1. The Bertz CT molecular complexity index is 496. The number of nitrogens with one attached hydrogen (secondary N) is 2. The Hall–Kier alpha value is -2.17. The predicted molar refractivity (Wildman–Crippen MR) is 80.3 cm³/mol. The highest BCUT2D eigenvalue weighted by Crippen LogP contribution is 2.28. The standard InChI is InChI=1S/C15H22N2O3/c1-10(2)11(3)9-16-15(18)17-13-8-12(19-4)6-7-14(13)20-5/h6-10H,1-5H3,(H2,16,17,18)/b11-9+. The van der Waals surface area contributed by atoms with Crippen LogP contribution >= 0.6 is 0 Å². The van der Waals surface area contributed by atoms with Crippen molar-refractivity contribution in [1.82, 2.24) is 5.32 Å². The molecule has 1 aromatic rings. The maximum Gasteiger partial charge on any atom is 0.323 e. The van der Waals surface area contributed by atoms with Crippen molar-refractivity contribution in [3.8, 4) is 11.5 Å². The van der Waals surface area contributed by atoms with Crippen LogP contribution in [-0.2, 0) is 0 Å². The summed E-state index contributed by atoms with van der Waals surface area (Å²) in [6, 6.07) is 4.89. The topological polar surface area (TPSA) is 59.6 Å². The molecule has 20 heavy (non-hydrogen) atoms. The molecule has 0 bridgehead atoms. The number of anilines is 1. The van der Waals surface area contributed by atoms with Crippen LogP contribution in [0.3, 0.4) is 0 Å². The summed E-state index contributed by atoms with van der Waals surface area (Å²) in [6.07, 6.45) is 1.70. The van der Waals surface area contributed by atoms with E-state index in [0.29, 0.717) is 23.1 Å². The molecule has 0 aliphatic rings. The van der Waals surface area contributed by atoms with Gasteiger partial charge in [0, 0.05) is 12.3 Å². The fourth-order valence-corrected chi connectivity index (χ4v) is 1.42. The Morgan fingerprint density at radius 1 is 1.25 bits per heavy atom. The number of carbonyl (C=O) groups excluding carboxylic acids is 1. The van der Waals surface area contributed by atoms with Crippen LogP contribution in [0.2, 0.25) is 0 Å². The molecule has 0 unspecified atom stereocenters. The van der Waals surface area contributed by atoms with Gasteiger partial charge in [-0.3, -0.25) is 0 Å². The minimum Gasteiger partial charge on any atom is -0.497 e. The van der Waals surface area contributed by atoms with Gasteiger partial charge < -0.3 is 20.1 Å². The SMILES string of the molecule is COc1ccc(OC)c(NC(=O)N/C=C(\C)C(C)C)c1. The van der Waals surface area contributed by atoms with E-state index in [1.165, 1.54) is 0 Å². The molecule has 5 heteroatoms. The highest BCUT2D eigenvalue weighted by atomic mass is 16.5. The number of urea groups is 1. The van der Waals surface area contributed by atoms with Crippen LogP contribution in [0.25, 0.3) is 0 Å². The number of hydrogen-bond donors (Lipinski definition) is 2. The number of carbonyl (C=O) groups is 1. The van der Waals surface area contributed by atoms with Crippen LogP contribution in [0.15, 0.2) is 30.0 Å². The van der Waals surface area contributed by atoms with Gasteiger partial charge in [0.05, 0.1) is 19.9 Å². The lowest BCUT2D eigenvalue weighted by molar-refractivity contribution is 0.255. The van der Waals surface area contributed by atoms with Gasteiger partial charge in [-0.2, -0.15) is 0 Å². The normalized spacial score (nSPS) is 11.2. The van der Waals surface area contributed by atoms with E-state index in [0.717, 1.165) is 5.57 Å². The molecule has 0 heterocycles. The molecule has 2 amide bonds. The Morgan fingerprint density at radius 2 is 1.95 bits per heavy atom. The fourth-order valence-electron chi connectivity index (χ4n) is 1.42. The van der Waals surface area contributed by atoms with Gasteiger partial charge in [-0.15, -0.1) is 0 Å². The van der Waals surface area contributed by atoms with Crippen molar-refractivity contribution < 1.29 is 14.3 Å². The van der Waals surface area contributed by atoms with Gasteiger partial charge in [0.1, 0.15) is 11.5 Å². The minimum absolute atomic E-state index is 0.323. The van der Waals surface area contributed by atoms with Crippen molar-refractivity contribution in [2.45, 2.75) is 20.8 Å². The monoisotopic (exact) mass is 278 g/mol. The third-order valence-corrected chi connectivity index (χ3v) is 3.00. The van der Waals surface area contributed by atoms with E-state index in [9.17, 15) is 4.79 Å². The average molecular weight is 278 g/mol. The van der Waals surface area contributed by atoms with Gasteiger partial charge in [-0.1, -0.05) is 19.4 Å². The zero-order chi connectivity index (χ0) is 15.1. The predicted octanol–water partition coefficient (Wildman–Crippen LogP) is 3.39. The molecule has 110 valence electrons. The summed E-state index contributed by atoms with van der Waals surface area (Å²) < 4.78 is 10.3. The summed E-state index contributed by atoms with van der Waals surface area (Å²) in [5, 5.41) is 5.42. The number of hydrogen-bond acceptors (Lipinski definition) is 3. The average Bonchev–Trinajstić information content (AvgIpc) is 2.44. The molecule has 0 aliphatic heterocycles. The van der Waals surface area contributed by atoms with Crippen molar-refractivity contribution >= 4 is 11.7 Å². The number of methoxy groups -OCH3 is 2. The third-order valence-electron chi connectivity index (χ3n) is 3.00. The highest BCUT2D eigenvalue weighted by molar-refractivity contribution is 5.91. The van der Waals surface area contributed by atoms with Crippen molar-refractivity contribution in [3.05, 3.63) is 30.0 Å². The van der Waals surface area contributed by atoms with Crippen LogP contribution in [0, 0.1) is 5.92 Å². The molecule has 1 rings (SSSR count). The summed E-state index contributed by atoms with van der Waals surface area (Å²) >= 11 is 0. The van der Waals surface area contributed by atoms with E-state index in [1.54, 1.807) is 38.6 Å². The Morgan fingerprint density at radius 3 is 2.50 bits per heavy atom. The fraction of sp³-hybridized carbons (Fsp3) is 0.400. The first-order valence-electron chi connectivity index (χ1n) is 6.44. The minimum atomic E-state index is -0.323. The Balaban J connectivity index is 2.77. The Kier molecular flexibility index (Phi) is 5.90. The molecule has 0 aromatic heterocycles. The quantitative estimate of drug-likeness (QED) is 0.868. The van der Waals surface area contributed by atoms with E-state index in [1.807, 2.05) is 6.92 Å². The second kappa shape index (κ2) is 7.43. The van der Waals surface area contributed by atoms with Gasteiger partial charge in [0.15, 0.2) is 0 Å². The summed E-state index contributed by atoms with van der Waals surface area (Å²) in [7, 11) is 3.12. The molecule has 0 atom stereocenters. The molecule has 0 saturated heterocycles. The molecule has 2 N–H and O–H groups in total. The second-order valence-electron chi connectivity index (χ2n) is 4.71. The maximum absolute atomic E-state index is 11.8. The molecular formula is C15H22N2O3. The zero-order valence-electron chi connectivity index (χ0n) is 12.6. The van der Waals surface area contributed by atoms with Crippen LogP contribution < -0.4 is 20.1 Å². The summed E-state index contributed by atoms with van der Waals surface area (Å²) in [6.45, 7) is 6.10. The van der Waals surface area contributed by atoms with Gasteiger partial charge in [-0.05, 0) is 25.0 Å². The highest BCUT2D eigenvalue weighted by Gasteiger charge is 2.08. The van der Waals surface area contributed by atoms with Crippen molar-refractivity contribution in [1.29, 1.82) is 0 Å². The first-order chi connectivity index (χ1) is 9.47. The first kappa shape index (κ1) is 15.9. The van der Waals surface area contributed by atoms with E-state index in [-0.39, 0.29) is 6.03 Å². The van der Waals surface area contributed by atoms with Crippen molar-refractivity contribution in [3.63, 3.8) is 0 Å². The number of allylic oxidation sites excluding steroid dienone is 1. The second-order valence-corrected chi connectivity index (χ2v) is 4.71. The van der Waals surface area contributed by atoms with E-state index < -0.39 is 0 Å². The molecule has 0 saturated carbocycles. The lowest BCUT2D eigenvalue weighted by Crippen LogP contribution is -2.24. The number of rotatable bonds is 5. The van der Waals surface area contributed by atoms with Gasteiger partial charge in [0.2, 0.25) is 0 Å². The number of benzene rings is 1. The molecule has 5 nitrogen and oxygen atoms in total. The smallest absolute Gasteiger partial charge is 0.323 e. The molecule has 0 fully saturated rings. The van der Waals surface area contributed by atoms with Crippen molar-refractivity contribution in [2.75, 3.05) is 19.5 Å². The Labute approximate surface area is 120 Å². The number of ether oxygens (including phenoxy) is 2. The summed E-state index contributed by atoms with van der Waals surface area (Å²) in [4.78, 5) is 11.8. The van der Waals surface area contributed by atoms with Gasteiger partial charge in [-0.25, -0.2) is 4.79 Å². The molecule has 0 spiro atoms. The van der Waals surface area contributed by atoms with Gasteiger partial charge in [0.25, 0.3) is 0 Å². The van der Waals surface area contributed by atoms with Crippen LogP contribution in [-0.4, -0.2) is 20.3 Å². The van der Waals surface area contributed by atoms with Crippen molar-refractivity contribution in [2.24, 2.45) is 5.92 Å². The molecular weight excluding hydrogens is 256 g/mol. The summed E-state index contributed by atoms with van der Waals surface area (Å²) in [5.41, 5.74) is 1.65. The maximum atomic E-state index is 11.8. The molecule has 0 radical (unpaired) electrons. The third kappa shape index (κ3) is 4.50. The van der Waals surface area contributed by atoms with Crippen LogP contribution in [0.1, 0.15) is 20.8 Å². The zero-order valence-corrected chi connectivity index (χ0v) is 12.6. The first-order valence-corrected chi connectivity index (χ1v) is 6.44. The molecule has 0 aliphatic carbocycles. The summed E-state index contributed by atoms with van der Waals surface area (Å²) in [5.74, 6) is 1.61. The van der Waals surface area contributed by atoms with Crippen LogP contribution in [0.5, 0.6) is 11.5 Å². The van der Waals surface area contributed by atoms with E-state index in [2.05, 4.69) is 24.5 Å². The molecule has 1 aromatic carbocycles. The number of amides is 2. The van der Waals surface area contributed by atoms with Crippen LogP contribution in [0.4, 0.5) is 10.5 Å². The van der Waals surface area contributed by atoms with E-state index >= 15 is 0 Å².